The number of hydrogen-bond acceptors (Lipinski definition) is 5. The first-order valence-electron chi connectivity index (χ1n) is 4.98. The van der Waals surface area contributed by atoms with Crippen molar-refractivity contribution >= 4 is 6.09 Å². The summed E-state index contributed by atoms with van der Waals surface area (Å²) in [6.07, 6.45) is -0.111. The Hall–Kier alpha value is -0.850. The number of ether oxygens (including phenoxy) is 3. The van der Waals surface area contributed by atoms with E-state index in [9.17, 15) is 4.79 Å². The number of rotatable bonds is 9. The fourth-order valence-corrected chi connectivity index (χ4v) is 0.843. The summed E-state index contributed by atoms with van der Waals surface area (Å²) in [5.41, 5.74) is 10.1. The summed E-state index contributed by atoms with van der Waals surface area (Å²) in [5, 5.41) is 0. The predicted octanol–water partition coefficient (Wildman–Crippen LogP) is -0.148. The van der Waals surface area contributed by atoms with Crippen molar-refractivity contribution in [2.24, 2.45) is 11.5 Å². The smallest absolute Gasteiger partial charge is 0.404 e. The van der Waals surface area contributed by atoms with Gasteiger partial charge in [-0.1, -0.05) is 0 Å². The van der Waals surface area contributed by atoms with Crippen molar-refractivity contribution in [2.75, 3.05) is 33.0 Å². The third kappa shape index (κ3) is 11.1. The molecule has 0 spiro atoms. The molecule has 0 saturated heterocycles. The van der Waals surface area contributed by atoms with Gasteiger partial charge < -0.3 is 25.7 Å². The number of hydrogen-bond donors (Lipinski definition) is 2. The first-order chi connectivity index (χ1) is 7.16. The van der Waals surface area contributed by atoms with Crippen molar-refractivity contribution in [2.45, 2.75) is 19.4 Å². The van der Waals surface area contributed by atoms with E-state index in [1.165, 1.54) is 0 Å². The first-order valence-corrected chi connectivity index (χ1v) is 4.98. The van der Waals surface area contributed by atoms with Gasteiger partial charge in [0, 0.05) is 6.61 Å². The van der Waals surface area contributed by atoms with E-state index >= 15 is 0 Å². The van der Waals surface area contributed by atoms with E-state index in [0.717, 1.165) is 6.42 Å². The lowest BCUT2D eigenvalue weighted by atomic mass is 10.4. The van der Waals surface area contributed by atoms with E-state index in [0.29, 0.717) is 26.4 Å². The summed E-state index contributed by atoms with van der Waals surface area (Å²) in [4.78, 5) is 10.3. The van der Waals surface area contributed by atoms with Crippen LogP contribution in [0.25, 0.3) is 0 Å². The van der Waals surface area contributed by atoms with Crippen molar-refractivity contribution in [1.82, 2.24) is 0 Å². The van der Waals surface area contributed by atoms with Crippen LogP contribution in [0.3, 0.4) is 0 Å². The van der Waals surface area contributed by atoms with Crippen LogP contribution >= 0.6 is 0 Å². The topological polar surface area (TPSA) is 96.8 Å². The molecule has 0 bridgehead atoms. The minimum Gasteiger partial charge on any atom is -0.447 e. The van der Waals surface area contributed by atoms with Crippen molar-refractivity contribution in [3.05, 3.63) is 0 Å². The van der Waals surface area contributed by atoms with Gasteiger partial charge in [0.15, 0.2) is 0 Å². The second kappa shape index (κ2) is 9.70. The zero-order valence-electron chi connectivity index (χ0n) is 9.11. The van der Waals surface area contributed by atoms with Gasteiger partial charge in [-0.3, -0.25) is 0 Å². The van der Waals surface area contributed by atoms with Crippen molar-refractivity contribution in [3.8, 4) is 0 Å². The summed E-state index contributed by atoms with van der Waals surface area (Å²) in [6.45, 7) is 4.21. The van der Waals surface area contributed by atoms with Gasteiger partial charge in [-0.05, 0) is 19.9 Å². The maximum atomic E-state index is 10.3. The molecule has 15 heavy (non-hydrogen) atoms. The van der Waals surface area contributed by atoms with Gasteiger partial charge in [-0.2, -0.15) is 0 Å². The van der Waals surface area contributed by atoms with Crippen LogP contribution in [-0.4, -0.2) is 45.2 Å². The Morgan fingerprint density at radius 1 is 1.33 bits per heavy atom. The van der Waals surface area contributed by atoms with Crippen molar-refractivity contribution < 1.29 is 19.0 Å². The highest BCUT2D eigenvalue weighted by Crippen LogP contribution is 1.92. The number of amides is 1. The average Bonchev–Trinajstić information content (AvgIpc) is 2.20. The minimum absolute atomic E-state index is 0.165. The largest absolute Gasteiger partial charge is 0.447 e. The molecule has 0 aliphatic carbocycles. The molecule has 0 radical (unpaired) electrons. The lowest BCUT2D eigenvalue weighted by Crippen LogP contribution is -2.23. The maximum absolute atomic E-state index is 10.3. The molecular formula is C9H20N2O4. The Morgan fingerprint density at radius 2 is 2.07 bits per heavy atom. The average molecular weight is 220 g/mol. The standard InChI is InChI=1S/C9H20N2O4/c1-8(7-15-9(11)12)14-6-5-13-4-2-3-10/h8H,2-7,10H2,1H3,(H2,11,12). The van der Waals surface area contributed by atoms with Crippen molar-refractivity contribution in [3.63, 3.8) is 0 Å². The molecule has 0 aliphatic heterocycles. The summed E-state index contributed by atoms with van der Waals surface area (Å²) in [7, 11) is 0. The predicted molar refractivity (Wildman–Crippen MR) is 55.4 cm³/mol. The van der Waals surface area contributed by atoms with E-state index in [2.05, 4.69) is 4.74 Å². The molecule has 1 unspecified atom stereocenters. The van der Waals surface area contributed by atoms with E-state index in [-0.39, 0.29) is 12.7 Å². The highest BCUT2D eigenvalue weighted by Gasteiger charge is 2.04. The lowest BCUT2D eigenvalue weighted by molar-refractivity contribution is -0.0135. The van der Waals surface area contributed by atoms with Crippen LogP contribution in [-0.2, 0) is 14.2 Å². The van der Waals surface area contributed by atoms with Gasteiger partial charge >= 0.3 is 6.09 Å². The molecule has 1 atom stereocenters. The molecule has 1 amide bonds. The monoisotopic (exact) mass is 220 g/mol. The van der Waals surface area contributed by atoms with Gasteiger partial charge in [-0.15, -0.1) is 0 Å². The Kier molecular flexibility index (Phi) is 9.15. The normalized spacial score (nSPS) is 12.4. The molecule has 4 N–H and O–H groups in total. The zero-order chi connectivity index (χ0) is 11.5. The molecule has 0 aromatic carbocycles. The molecule has 0 aromatic heterocycles. The SMILES string of the molecule is CC(COC(N)=O)OCCOCCCN. The minimum atomic E-state index is -0.787. The molecule has 0 saturated carbocycles. The van der Waals surface area contributed by atoms with Crippen LogP contribution in [0.15, 0.2) is 0 Å². The second-order valence-electron chi connectivity index (χ2n) is 3.07. The highest BCUT2D eigenvalue weighted by atomic mass is 16.6. The number of carbonyl (C=O) groups is 1. The molecule has 0 aliphatic rings. The fourth-order valence-electron chi connectivity index (χ4n) is 0.843. The van der Waals surface area contributed by atoms with Crippen LogP contribution in [0.1, 0.15) is 13.3 Å². The molecule has 6 heteroatoms. The summed E-state index contributed by atoms with van der Waals surface area (Å²) in [5.74, 6) is 0. The van der Waals surface area contributed by atoms with Gasteiger partial charge in [0.1, 0.15) is 6.61 Å². The fraction of sp³-hybridized carbons (Fsp3) is 0.889. The number of carbonyl (C=O) groups excluding carboxylic acids is 1. The van der Waals surface area contributed by atoms with Crippen LogP contribution in [0.2, 0.25) is 0 Å². The van der Waals surface area contributed by atoms with Crippen LogP contribution in [0.5, 0.6) is 0 Å². The Bertz CT molecular complexity index is 166. The van der Waals surface area contributed by atoms with Crippen LogP contribution in [0.4, 0.5) is 4.79 Å². The van der Waals surface area contributed by atoms with E-state index in [4.69, 9.17) is 20.9 Å². The second-order valence-corrected chi connectivity index (χ2v) is 3.07. The van der Waals surface area contributed by atoms with Crippen molar-refractivity contribution in [1.29, 1.82) is 0 Å². The molecule has 6 nitrogen and oxygen atoms in total. The van der Waals surface area contributed by atoms with Gasteiger partial charge in [0.2, 0.25) is 0 Å². The van der Waals surface area contributed by atoms with Crippen LogP contribution in [0, 0.1) is 0 Å². The first kappa shape index (κ1) is 14.2. The molecule has 0 rings (SSSR count). The zero-order valence-corrected chi connectivity index (χ0v) is 9.11. The maximum Gasteiger partial charge on any atom is 0.404 e. The molecular weight excluding hydrogens is 200 g/mol. The Morgan fingerprint density at radius 3 is 2.67 bits per heavy atom. The third-order valence-corrected chi connectivity index (χ3v) is 1.58. The summed E-state index contributed by atoms with van der Waals surface area (Å²) in [6, 6.07) is 0. The highest BCUT2D eigenvalue weighted by molar-refractivity contribution is 5.64. The Labute approximate surface area is 89.8 Å². The van der Waals surface area contributed by atoms with E-state index in [1.807, 2.05) is 0 Å². The van der Waals surface area contributed by atoms with Crippen LogP contribution < -0.4 is 11.5 Å². The summed E-state index contributed by atoms with van der Waals surface area (Å²) >= 11 is 0. The van der Waals surface area contributed by atoms with E-state index in [1.54, 1.807) is 6.92 Å². The Balaban J connectivity index is 3.16. The summed E-state index contributed by atoms with van der Waals surface area (Å²) < 4.78 is 15.1. The van der Waals surface area contributed by atoms with E-state index < -0.39 is 6.09 Å². The number of primary amides is 1. The van der Waals surface area contributed by atoms with Gasteiger partial charge in [0.25, 0.3) is 0 Å². The quantitative estimate of drug-likeness (QED) is 0.527. The third-order valence-electron chi connectivity index (χ3n) is 1.58. The van der Waals surface area contributed by atoms with Gasteiger partial charge in [-0.25, -0.2) is 4.79 Å². The molecule has 90 valence electrons. The van der Waals surface area contributed by atoms with Gasteiger partial charge in [0.05, 0.1) is 19.3 Å². The molecule has 0 fully saturated rings. The molecule has 0 heterocycles. The lowest BCUT2D eigenvalue weighted by Gasteiger charge is -2.12. The number of nitrogens with two attached hydrogens (primary N) is 2. The molecule has 0 aromatic rings.